The van der Waals surface area contributed by atoms with Gasteiger partial charge in [-0.1, -0.05) is 35.9 Å². The molecule has 1 aliphatic heterocycles. The molecule has 0 atom stereocenters. The summed E-state index contributed by atoms with van der Waals surface area (Å²) in [4.78, 5) is 22.5. The minimum absolute atomic E-state index is 0.141. The number of halogens is 1. The maximum atomic E-state index is 13.1. The van der Waals surface area contributed by atoms with E-state index in [1.54, 1.807) is 11.0 Å². The summed E-state index contributed by atoms with van der Waals surface area (Å²) in [6, 6.07) is 14.9. The minimum atomic E-state index is -0.141. The van der Waals surface area contributed by atoms with Crippen molar-refractivity contribution in [2.75, 3.05) is 18.1 Å². The van der Waals surface area contributed by atoms with Crippen molar-refractivity contribution in [2.24, 2.45) is 0 Å². The number of ether oxygens (including phenoxy) is 1. The molecule has 0 spiro atoms. The molecule has 6 heteroatoms. The molecule has 4 rings (SSSR count). The van der Waals surface area contributed by atoms with Crippen LogP contribution in [0.5, 0.6) is 5.75 Å². The molecule has 0 saturated carbocycles. The van der Waals surface area contributed by atoms with Crippen molar-refractivity contribution in [3.05, 3.63) is 64.9 Å². The number of nitrogens with one attached hydrogen (secondary N) is 1. The lowest BCUT2D eigenvalue weighted by Crippen LogP contribution is -2.38. The van der Waals surface area contributed by atoms with Crippen LogP contribution < -0.4 is 9.64 Å². The van der Waals surface area contributed by atoms with Gasteiger partial charge >= 0.3 is 0 Å². The Morgan fingerprint density at radius 1 is 1.24 bits per heavy atom. The Bertz CT molecular complexity index is 951. The van der Waals surface area contributed by atoms with E-state index in [4.69, 9.17) is 16.3 Å². The van der Waals surface area contributed by atoms with Crippen LogP contribution in [0.4, 0.5) is 5.69 Å². The van der Waals surface area contributed by atoms with E-state index in [2.05, 4.69) is 9.97 Å². The number of benzene rings is 2. The van der Waals surface area contributed by atoms with Crippen molar-refractivity contribution < 1.29 is 9.53 Å². The lowest BCUT2D eigenvalue weighted by Gasteiger charge is -2.29. The zero-order valence-corrected chi connectivity index (χ0v) is 14.4. The summed E-state index contributed by atoms with van der Waals surface area (Å²) >= 11 is 6.05. The Morgan fingerprint density at radius 2 is 2.08 bits per heavy atom. The second-order valence-corrected chi connectivity index (χ2v) is 6.28. The number of amides is 1. The SMILES string of the molecule is Cc1[nH]c(-c2cccc(Cl)c2)nc1C(=O)N1CCOc2ccccc21. The van der Waals surface area contributed by atoms with Crippen molar-refractivity contribution in [2.45, 2.75) is 6.92 Å². The van der Waals surface area contributed by atoms with Crippen LogP contribution in [0.1, 0.15) is 16.2 Å². The number of carbonyl (C=O) groups is 1. The number of fused-ring (bicyclic) bond motifs is 1. The molecular weight excluding hydrogens is 338 g/mol. The van der Waals surface area contributed by atoms with Crippen molar-refractivity contribution in [3.63, 3.8) is 0 Å². The summed E-state index contributed by atoms with van der Waals surface area (Å²) in [7, 11) is 0. The first-order chi connectivity index (χ1) is 12.1. The smallest absolute Gasteiger partial charge is 0.278 e. The van der Waals surface area contributed by atoms with Crippen LogP contribution in [0.25, 0.3) is 11.4 Å². The van der Waals surface area contributed by atoms with E-state index in [9.17, 15) is 4.79 Å². The molecule has 0 fully saturated rings. The predicted molar refractivity (Wildman–Crippen MR) is 97.4 cm³/mol. The van der Waals surface area contributed by atoms with Gasteiger partial charge in [0, 0.05) is 16.3 Å². The van der Waals surface area contributed by atoms with Gasteiger partial charge in [-0.15, -0.1) is 0 Å². The van der Waals surface area contributed by atoms with E-state index >= 15 is 0 Å². The van der Waals surface area contributed by atoms with Gasteiger partial charge in [-0.05, 0) is 31.2 Å². The van der Waals surface area contributed by atoms with Crippen molar-refractivity contribution in [1.29, 1.82) is 0 Å². The fourth-order valence-electron chi connectivity index (χ4n) is 2.95. The van der Waals surface area contributed by atoms with Gasteiger partial charge in [-0.25, -0.2) is 4.98 Å². The number of aryl methyl sites for hydroxylation is 1. The van der Waals surface area contributed by atoms with Gasteiger partial charge in [0.05, 0.1) is 12.2 Å². The average Bonchev–Trinajstić information content (AvgIpc) is 3.02. The topological polar surface area (TPSA) is 58.2 Å². The zero-order chi connectivity index (χ0) is 17.4. The van der Waals surface area contributed by atoms with Gasteiger partial charge in [0.15, 0.2) is 0 Å². The van der Waals surface area contributed by atoms with Gasteiger partial charge in [-0.3, -0.25) is 4.79 Å². The number of H-pyrrole nitrogens is 1. The lowest BCUT2D eigenvalue weighted by atomic mass is 10.2. The van der Waals surface area contributed by atoms with Crippen molar-refractivity contribution in [1.82, 2.24) is 9.97 Å². The third-order valence-corrected chi connectivity index (χ3v) is 4.39. The summed E-state index contributed by atoms with van der Waals surface area (Å²) in [5, 5.41) is 0.626. The standard InChI is InChI=1S/C19H16ClN3O2/c1-12-17(22-18(21-12)13-5-4-6-14(20)11-13)19(24)23-9-10-25-16-8-3-2-7-15(16)23/h2-8,11H,9-10H2,1H3,(H,21,22). The Morgan fingerprint density at radius 3 is 2.92 bits per heavy atom. The molecule has 3 aromatic rings. The molecule has 5 nitrogen and oxygen atoms in total. The molecule has 0 unspecified atom stereocenters. The zero-order valence-electron chi connectivity index (χ0n) is 13.6. The van der Waals surface area contributed by atoms with Crippen molar-refractivity contribution >= 4 is 23.2 Å². The number of anilines is 1. The molecule has 0 radical (unpaired) electrons. The number of aromatic amines is 1. The Kier molecular flexibility index (Phi) is 3.93. The van der Waals surface area contributed by atoms with Crippen LogP contribution >= 0.6 is 11.6 Å². The summed E-state index contributed by atoms with van der Waals surface area (Å²) in [5.74, 6) is 1.20. The monoisotopic (exact) mass is 353 g/mol. The van der Waals surface area contributed by atoms with Crippen molar-refractivity contribution in [3.8, 4) is 17.1 Å². The number of carbonyl (C=O) groups excluding carboxylic acids is 1. The Labute approximate surface area is 150 Å². The van der Waals surface area contributed by atoms with Crippen LogP contribution in [0, 0.1) is 6.92 Å². The number of hydrogen-bond donors (Lipinski definition) is 1. The molecule has 2 aromatic carbocycles. The molecule has 1 amide bonds. The summed E-state index contributed by atoms with van der Waals surface area (Å²) < 4.78 is 5.62. The summed E-state index contributed by atoms with van der Waals surface area (Å²) in [6.07, 6.45) is 0. The third-order valence-electron chi connectivity index (χ3n) is 4.16. The first kappa shape index (κ1) is 15.7. The molecule has 126 valence electrons. The van der Waals surface area contributed by atoms with E-state index < -0.39 is 0 Å². The Hall–Kier alpha value is -2.79. The molecule has 25 heavy (non-hydrogen) atoms. The maximum absolute atomic E-state index is 13.1. The van der Waals surface area contributed by atoms with E-state index in [0.29, 0.717) is 35.4 Å². The van der Waals surface area contributed by atoms with Crippen LogP contribution in [-0.4, -0.2) is 29.0 Å². The van der Waals surface area contributed by atoms with Crippen LogP contribution in [-0.2, 0) is 0 Å². The van der Waals surface area contributed by atoms with E-state index in [1.807, 2.05) is 49.4 Å². The lowest BCUT2D eigenvalue weighted by molar-refractivity contribution is 0.0971. The number of imidazole rings is 1. The number of nitrogens with zero attached hydrogens (tertiary/aromatic N) is 2. The van der Waals surface area contributed by atoms with Crippen LogP contribution in [0.2, 0.25) is 5.02 Å². The number of aromatic nitrogens is 2. The minimum Gasteiger partial charge on any atom is -0.490 e. The highest BCUT2D eigenvalue weighted by Gasteiger charge is 2.27. The number of hydrogen-bond acceptors (Lipinski definition) is 3. The van der Waals surface area contributed by atoms with Gasteiger partial charge in [0.1, 0.15) is 23.9 Å². The maximum Gasteiger partial charge on any atom is 0.278 e. The Balaban J connectivity index is 1.70. The first-order valence-corrected chi connectivity index (χ1v) is 8.37. The predicted octanol–water partition coefficient (Wildman–Crippen LogP) is 4.08. The highest BCUT2D eigenvalue weighted by atomic mass is 35.5. The van der Waals surface area contributed by atoms with E-state index in [1.165, 1.54) is 0 Å². The van der Waals surface area contributed by atoms with Gasteiger partial charge in [0.2, 0.25) is 0 Å². The third kappa shape index (κ3) is 2.87. The van der Waals surface area contributed by atoms with Crippen LogP contribution in [0.3, 0.4) is 0 Å². The van der Waals surface area contributed by atoms with E-state index in [-0.39, 0.29) is 5.91 Å². The van der Waals surface area contributed by atoms with Gasteiger partial charge in [0.25, 0.3) is 5.91 Å². The largest absolute Gasteiger partial charge is 0.490 e. The highest BCUT2D eigenvalue weighted by molar-refractivity contribution is 6.30. The molecule has 1 N–H and O–H groups in total. The first-order valence-electron chi connectivity index (χ1n) is 8.00. The fraction of sp³-hybridized carbons (Fsp3) is 0.158. The normalized spacial score (nSPS) is 13.3. The molecule has 2 heterocycles. The molecular formula is C19H16ClN3O2. The van der Waals surface area contributed by atoms with Gasteiger partial charge < -0.3 is 14.6 Å². The molecule has 1 aliphatic rings. The van der Waals surface area contributed by atoms with Crippen LogP contribution in [0.15, 0.2) is 48.5 Å². The second kappa shape index (κ2) is 6.26. The summed E-state index contributed by atoms with van der Waals surface area (Å²) in [6.45, 7) is 2.81. The van der Waals surface area contributed by atoms with Gasteiger partial charge in [-0.2, -0.15) is 0 Å². The number of para-hydroxylation sites is 2. The average molecular weight is 354 g/mol. The molecule has 0 bridgehead atoms. The fourth-order valence-corrected chi connectivity index (χ4v) is 3.14. The second-order valence-electron chi connectivity index (χ2n) is 5.84. The molecule has 0 saturated heterocycles. The molecule has 0 aliphatic carbocycles. The summed E-state index contributed by atoms with van der Waals surface area (Å²) in [5.41, 5.74) is 2.75. The molecule has 1 aromatic heterocycles. The quantitative estimate of drug-likeness (QED) is 0.755. The number of rotatable bonds is 2. The van der Waals surface area contributed by atoms with E-state index in [0.717, 1.165) is 16.9 Å². The highest BCUT2D eigenvalue weighted by Crippen LogP contribution is 2.32.